The highest BCUT2D eigenvalue weighted by Crippen LogP contribution is 2.16. The molecule has 3 rings (SSSR count). The van der Waals surface area contributed by atoms with Gasteiger partial charge in [-0.3, -0.25) is 19.9 Å². The van der Waals surface area contributed by atoms with Gasteiger partial charge in [-0.15, -0.1) is 11.8 Å². The fraction of sp³-hybridized carbons (Fsp3) is 0.533. The normalized spacial score (nSPS) is 22.5. The molecule has 2 aliphatic rings. The van der Waals surface area contributed by atoms with Gasteiger partial charge in [0, 0.05) is 48.7 Å². The summed E-state index contributed by atoms with van der Waals surface area (Å²) in [6, 6.07) is 3.51. The molecule has 0 bridgehead atoms. The van der Waals surface area contributed by atoms with Crippen molar-refractivity contribution < 1.29 is 9.59 Å². The van der Waals surface area contributed by atoms with Crippen molar-refractivity contribution in [1.29, 1.82) is 0 Å². The summed E-state index contributed by atoms with van der Waals surface area (Å²) < 4.78 is 0. The number of nitrogens with one attached hydrogen (secondary N) is 2. The molecule has 2 fully saturated rings. The number of hydrogen-bond donors (Lipinski definition) is 2. The number of piperidine rings is 1. The van der Waals surface area contributed by atoms with Gasteiger partial charge in [0.05, 0.1) is 6.04 Å². The fourth-order valence-corrected chi connectivity index (χ4v) is 3.72. The third-order valence-electron chi connectivity index (χ3n) is 4.10. The van der Waals surface area contributed by atoms with E-state index < -0.39 is 0 Å². The molecule has 0 radical (unpaired) electrons. The van der Waals surface area contributed by atoms with Crippen LogP contribution in [0.25, 0.3) is 0 Å². The van der Waals surface area contributed by atoms with E-state index >= 15 is 0 Å². The van der Waals surface area contributed by atoms with Crippen molar-refractivity contribution in [3.05, 3.63) is 30.1 Å². The Balaban J connectivity index is 1.47. The molecule has 7 heteroatoms. The molecule has 2 aliphatic heterocycles. The minimum absolute atomic E-state index is 0.0343. The Labute approximate surface area is 134 Å². The lowest BCUT2D eigenvalue weighted by Crippen LogP contribution is -2.51. The van der Waals surface area contributed by atoms with Gasteiger partial charge in [0.2, 0.25) is 5.91 Å². The van der Waals surface area contributed by atoms with Crippen molar-refractivity contribution in [2.45, 2.75) is 24.9 Å². The average Bonchev–Trinajstić information content (AvgIpc) is 3.10. The second-order valence-corrected chi connectivity index (χ2v) is 6.61. The second-order valence-electron chi connectivity index (χ2n) is 5.58. The Kier molecular flexibility index (Phi) is 4.94. The molecule has 2 saturated heterocycles. The largest absolute Gasteiger partial charge is 0.349 e. The van der Waals surface area contributed by atoms with Crippen molar-refractivity contribution in [2.75, 3.05) is 24.7 Å². The van der Waals surface area contributed by atoms with Crippen LogP contribution in [0.1, 0.15) is 23.2 Å². The van der Waals surface area contributed by atoms with Crippen molar-refractivity contribution >= 4 is 23.6 Å². The number of amides is 2. The minimum Gasteiger partial charge on any atom is -0.349 e. The fourth-order valence-electron chi connectivity index (χ4n) is 2.79. The van der Waals surface area contributed by atoms with Crippen LogP contribution in [0, 0.1) is 0 Å². The SMILES string of the molecule is O=C(NC1CCN(C(=O)C2CSCN2)CC1)c1ccncc1. The predicted molar refractivity (Wildman–Crippen MR) is 85.6 cm³/mol. The third kappa shape index (κ3) is 3.59. The van der Waals surface area contributed by atoms with Gasteiger partial charge < -0.3 is 10.2 Å². The van der Waals surface area contributed by atoms with E-state index in [-0.39, 0.29) is 23.9 Å². The van der Waals surface area contributed by atoms with Gasteiger partial charge in [-0.25, -0.2) is 0 Å². The molecule has 0 aliphatic carbocycles. The van der Waals surface area contributed by atoms with Crippen LogP contribution in [0.3, 0.4) is 0 Å². The van der Waals surface area contributed by atoms with Crippen LogP contribution < -0.4 is 10.6 Å². The van der Waals surface area contributed by atoms with Gasteiger partial charge in [0.1, 0.15) is 0 Å². The van der Waals surface area contributed by atoms with Crippen LogP contribution in [0.5, 0.6) is 0 Å². The van der Waals surface area contributed by atoms with Gasteiger partial charge in [-0.05, 0) is 25.0 Å². The van der Waals surface area contributed by atoms with Crippen LogP contribution in [-0.4, -0.2) is 58.5 Å². The standard InChI is InChI=1S/C15H20N4O2S/c20-14(11-1-5-16-6-2-11)18-12-3-7-19(8-4-12)15(21)13-9-22-10-17-13/h1-2,5-6,12-13,17H,3-4,7-10H2,(H,18,20). The van der Waals surface area contributed by atoms with Crippen LogP contribution in [0.15, 0.2) is 24.5 Å². The Hall–Kier alpha value is -1.60. The number of carbonyl (C=O) groups is 2. The molecule has 22 heavy (non-hydrogen) atoms. The Morgan fingerprint density at radius 2 is 2.00 bits per heavy atom. The van der Waals surface area contributed by atoms with Crippen molar-refractivity contribution in [1.82, 2.24) is 20.5 Å². The summed E-state index contributed by atoms with van der Waals surface area (Å²) in [6.07, 6.45) is 4.84. The highest BCUT2D eigenvalue weighted by atomic mass is 32.2. The molecule has 118 valence electrons. The van der Waals surface area contributed by atoms with Crippen LogP contribution in [0.2, 0.25) is 0 Å². The second kappa shape index (κ2) is 7.11. The Bertz CT molecular complexity index is 526. The van der Waals surface area contributed by atoms with Gasteiger partial charge in [0.15, 0.2) is 0 Å². The van der Waals surface area contributed by atoms with Crippen molar-refractivity contribution in [3.8, 4) is 0 Å². The first-order valence-corrected chi connectivity index (χ1v) is 8.70. The van der Waals surface area contributed by atoms with Crippen molar-refractivity contribution in [3.63, 3.8) is 0 Å². The summed E-state index contributed by atoms with van der Waals surface area (Å²) in [5.41, 5.74) is 0.626. The van der Waals surface area contributed by atoms with Gasteiger partial charge in [-0.2, -0.15) is 0 Å². The first-order chi connectivity index (χ1) is 10.7. The van der Waals surface area contributed by atoms with E-state index in [0.717, 1.165) is 24.5 Å². The molecule has 1 unspecified atom stereocenters. The maximum Gasteiger partial charge on any atom is 0.251 e. The summed E-state index contributed by atoms with van der Waals surface area (Å²) >= 11 is 1.76. The van der Waals surface area contributed by atoms with Crippen LogP contribution >= 0.6 is 11.8 Å². The van der Waals surface area contributed by atoms with E-state index in [2.05, 4.69) is 15.6 Å². The van der Waals surface area contributed by atoms with Crippen molar-refractivity contribution in [2.24, 2.45) is 0 Å². The van der Waals surface area contributed by atoms with Gasteiger partial charge >= 0.3 is 0 Å². The molecule has 1 aromatic rings. The number of aromatic nitrogens is 1. The van der Waals surface area contributed by atoms with E-state index in [4.69, 9.17) is 0 Å². The first kappa shape index (κ1) is 15.3. The molecule has 0 aromatic carbocycles. The number of nitrogens with zero attached hydrogens (tertiary/aromatic N) is 2. The summed E-state index contributed by atoms with van der Waals surface area (Å²) in [7, 11) is 0. The molecule has 1 atom stereocenters. The molecular weight excluding hydrogens is 300 g/mol. The summed E-state index contributed by atoms with van der Waals surface area (Å²) in [4.78, 5) is 30.2. The smallest absolute Gasteiger partial charge is 0.251 e. The number of rotatable bonds is 3. The highest BCUT2D eigenvalue weighted by molar-refractivity contribution is 7.99. The third-order valence-corrected chi connectivity index (χ3v) is 5.04. The number of hydrogen-bond acceptors (Lipinski definition) is 5. The lowest BCUT2D eigenvalue weighted by molar-refractivity contribution is -0.133. The lowest BCUT2D eigenvalue weighted by Gasteiger charge is -2.33. The molecule has 1 aromatic heterocycles. The number of pyridine rings is 1. The van der Waals surface area contributed by atoms with E-state index in [0.29, 0.717) is 18.7 Å². The van der Waals surface area contributed by atoms with E-state index in [9.17, 15) is 9.59 Å². The average molecular weight is 320 g/mol. The molecule has 2 N–H and O–H groups in total. The van der Waals surface area contributed by atoms with E-state index in [1.165, 1.54) is 0 Å². The monoisotopic (exact) mass is 320 g/mol. The zero-order valence-electron chi connectivity index (χ0n) is 12.3. The zero-order chi connectivity index (χ0) is 15.4. The molecule has 0 saturated carbocycles. The molecule has 2 amide bonds. The van der Waals surface area contributed by atoms with E-state index in [1.807, 2.05) is 4.90 Å². The Morgan fingerprint density at radius 1 is 1.27 bits per heavy atom. The maximum absolute atomic E-state index is 12.3. The summed E-state index contributed by atoms with van der Waals surface area (Å²) in [6.45, 7) is 1.42. The molecule has 0 spiro atoms. The first-order valence-electron chi connectivity index (χ1n) is 7.55. The number of carbonyl (C=O) groups excluding carboxylic acids is 2. The summed E-state index contributed by atoms with van der Waals surface area (Å²) in [5, 5.41) is 6.25. The van der Waals surface area contributed by atoms with Gasteiger partial charge in [-0.1, -0.05) is 0 Å². The lowest BCUT2D eigenvalue weighted by atomic mass is 10.0. The number of likely N-dealkylation sites (tertiary alicyclic amines) is 1. The predicted octanol–water partition coefficient (Wildman–Crippen LogP) is 0.465. The zero-order valence-corrected chi connectivity index (χ0v) is 13.1. The van der Waals surface area contributed by atoms with Crippen LogP contribution in [0.4, 0.5) is 0 Å². The number of thioether (sulfide) groups is 1. The summed E-state index contributed by atoms with van der Waals surface area (Å²) in [5.74, 6) is 1.84. The molecule has 6 nitrogen and oxygen atoms in total. The highest BCUT2D eigenvalue weighted by Gasteiger charge is 2.30. The quantitative estimate of drug-likeness (QED) is 0.847. The topological polar surface area (TPSA) is 74.3 Å². The molecular formula is C15H20N4O2S. The van der Waals surface area contributed by atoms with Gasteiger partial charge in [0.25, 0.3) is 5.91 Å². The maximum atomic E-state index is 12.3. The van der Waals surface area contributed by atoms with E-state index in [1.54, 1.807) is 36.3 Å². The van der Waals surface area contributed by atoms with Crippen LogP contribution in [-0.2, 0) is 4.79 Å². The Morgan fingerprint density at radius 3 is 2.64 bits per heavy atom. The minimum atomic E-state index is -0.0685. The molecule has 3 heterocycles.